The normalized spacial score (nSPS) is 17.0. The van der Waals surface area contributed by atoms with Gasteiger partial charge in [-0.3, -0.25) is 4.79 Å². The van der Waals surface area contributed by atoms with E-state index in [0.717, 1.165) is 16.0 Å². The lowest BCUT2D eigenvalue weighted by atomic mass is 9.93. The smallest absolute Gasteiger partial charge is 0.218 e. The second-order valence-electron chi connectivity index (χ2n) is 6.26. The van der Waals surface area contributed by atoms with Crippen LogP contribution in [-0.4, -0.2) is 31.6 Å². The van der Waals surface area contributed by atoms with Crippen LogP contribution in [0.5, 0.6) is 0 Å². The maximum Gasteiger partial charge on any atom is 0.218 e. The van der Waals surface area contributed by atoms with E-state index in [0.29, 0.717) is 25.9 Å². The van der Waals surface area contributed by atoms with Gasteiger partial charge >= 0.3 is 0 Å². The highest BCUT2D eigenvalue weighted by molar-refractivity contribution is 7.88. The highest BCUT2D eigenvalue weighted by Crippen LogP contribution is 2.26. The molecule has 0 amide bonds. The van der Waals surface area contributed by atoms with Crippen molar-refractivity contribution < 1.29 is 13.2 Å². The second kappa shape index (κ2) is 7.17. The molecule has 0 N–H and O–H groups in total. The van der Waals surface area contributed by atoms with Gasteiger partial charge in [0.05, 0.1) is 10.6 Å². The molecule has 1 fully saturated rings. The van der Waals surface area contributed by atoms with E-state index >= 15 is 0 Å². The van der Waals surface area contributed by atoms with Gasteiger partial charge < -0.3 is 0 Å². The zero-order chi connectivity index (χ0) is 17.2. The highest BCUT2D eigenvalue weighted by atomic mass is 32.2. The molecule has 6 heteroatoms. The van der Waals surface area contributed by atoms with Crippen LogP contribution in [0.25, 0.3) is 0 Å². The van der Waals surface area contributed by atoms with Crippen LogP contribution in [-0.2, 0) is 15.8 Å². The Balaban J connectivity index is 1.62. The average Bonchev–Trinajstić information content (AvgIpc) is 3.08. The van der Waals surface area contributed by atoms with Gasteiger partial charge in [0, 0.05) is 19.0 Å². The molecule has 1 saturated heterocycles. The van der Waals surface area contributed by atoms with Crippen molar-refractivity contribution in [2.45, 2.75) is 25.5 Å². The average molecular weight is 364 g/mol. The molecule has 1 aromatic heterocycles. The quantitative estimate of drug-likeness (QED) is 0.764. The Kier molecular flexibility index (Phi) is 5.18. The predicted molar refractivity (Wildman–Crippen MR) is 96.7 cm³/mol. The van der Waals surface area contributed by atoms with E-state index in [1.807, 2.05) is 48.7 Å². The first-order valence-corrected chi connectivity index (χ1v) is 10.6. The lowest BCUT2D eigenvalue weighted by molar-refractivity contribution is 0.0879. The van der Waals surface area contributed by atoms with Gasteiger partial charge in [0.15, 0.2) is 5.78 Å². The molecule has 0 spiro atoms. The minimum absolute atomic E-state index is 0.0260. The molecule has 2 heterocycles. The van der Waals surface area contributed by atoms with E-state index < -0.39 is 10.0 Å². The number of hydrogen-bond acceptors (Lipinski definition) is 4. The lowest BCUT2D eigenvalue weighted by Gasteiger charge is -2.30. The number of benzene rings is 1. The topological polar surface area (TPSA) is 54.5 Å². The molecule has 0 unspecified atom stereocenters. The van der Waals surface area contributed by atoms with Crippen molar-refractivity contribution in [2.75, 3.05) is 13.1 Å². The van der Waals surface area contributed by atoms with Gasteiger partial charge in [-0.25, -0.2) is 12.7 Å². The van der Waals surface area contributed by atoms with Gasteiger partial charge in [0.1, 0.15) is 0 Å². The number of nitrogens with zero attached hydrogens (tertiary/aromatic N) is 1. The molecule has 3 rings (SSSR count). The number of ketones is 1. The summed E-state index contributed by atoms with van der Waals surface area (Å²) in [5.41, 5.74) is 1.87. The number of sulfonamides is 1. The third kappa shape index (κ3) is 3.94. The summed E-state index contributed by atoms with van der Waals surface area (Å²) in [5.74, 6) is 0.118. The van der Waals surface area contributed by atoms with E-state index in [4.69, 9.17) is 0 Å². The number of carbonyl (C=O) groups excluding carboxylic acids is 1. The Bertz CT molecular complexity index is 805. The van der Waals surface area contributed by atoms with Gasteiger partial charge in [-0.1, -0.05) is 35.9 Å². The molecule has 1 aromatic carbocycles. The lowest BCUT2D eigenvalue weighted by Crippen LogP contribution is -2.40. The maximum absolute atomic E-state index is 12.6. The van der Waals surface area contributed by atoms with Crippen molar-refractivity contribution in [3.8, 4) is 0 Å². The molecule has 0 bridgehead atoms. The van der Waals surface area contributed by atoms with Crippen LogP contribution >= 0.6 is 11.3 Å². The molecule has 4 nitrogen and oxygen atoms in total. The summed E-state index contributed by atoms with van der Waals surface area (Å²) in [7, 11) is -3.33. The van der Waals surface area contributed by atoms with Crippen molar-refractivity contribution in [3.63, 3.8) is 0 Å². The predicted octanol–water partition coefficient (Wildman–Crippen LogP) is 3.48. The van der Waals surface area contributed by atoms with E-state index in [1.54, 1.807) is 0 Å². The molecule has 128 valence electrons. The highest BCUT2D eigenvalue weighted by Gasteiger charge is 2.31. The van der Waals surface area contributed by atoms with Crippen molar-refractivity contribution in [2.24, 2.45) is 5.92 Å². The summed E-state index contributed by atoms with van der Waals surface area (Å²) in [6.45, 7) is 2.81. The Morgan fingerprint density at radius 1 is 1.21 bits per heavy atom. The fourth-order valence-corrected chi connectivity index (χ4v) is 5.41. The molecule has 1 aliphatic rings. The largest absolute Gasteiger partial charge is 0.293 e. The summed E-state index contributed by atoms with van der Waals surface area (Å²) >= 11 is 1.45. The summed E-state index contributed by atoms with van der Waals surface area (Å²) in [5, 5.41) is 1.90. The standard InChI is InChI=1S/C18H21NO3S2/c1-14-4-2-5-15(12-14)13-24(21,22)19-9-7-16(8-10-19)18(20)17-6-3-11-23-17/h2-6,11-12,16H,7-10,13H2,1H3. The molecule has 0 atom stereocenters. The summed E-state index contributed by atoms with van der Waals surface area (Å²) in [4.78, 5) is 13.2. The number of thiophene rings is 1. The third-order valence-corrected chi connectivity index (χ3v) is 7.15. The maximum atomic E-state index is 12.6. The Labute approximate surface area is 147 Å². The molecule has 1 aliphatic heterocycles. The zero-order valence-electron chi connectivity index (χ0n) is 13.6. The number of piperidine rings is 1. The Morgan fingerprint density at radius 2 is 1.96 bits per heavy atom. The van der Waals surface area contributed by atoms with Crippen LogP contribution in [0, 0.1) is 12.8 Å². The van der Waals surface area contributed by atoms with Crippen LogP contribution < -0.4 is 0 Å². The molecule has 24 heavy (non-hydrogen) atoms. The third-order valence-electron chi connectivity index (χ3n) is 4.41. The van der Waals surface area contributed by atoms with Gasteiger partial charge in [-0.15, -0.1) is 11.3 Å². The van der Waals surface area contributed by atoms with Gasteiger partial charge in [0.2, 0.25) is 10.0 Å². The van der Waals surface area contributed by atoms with Gasteiger partial charge in [0.25, 0.3) is 0 Å². The molecule has 0 radical (unpaired) electrons. The van der Waals surface area contributed by atoms with Gasteiger partial charge in [-0.05, 0) is 36.8 Å². The monoisotopic (exact) mass is 363 g/mol. The van der Waals surface area contributed by atoms with Crippen LogP contribution in [0.1, 0.15) is 33.6 Å². The first-order chi connectivity index (χ1) is 11.5. The fourth-order valence-electron chi connectivity index (χ4n) is 3.12. The Morgan fingerprint density at radius 3 is 2.58 bits per heavy atom. The fraction of sp³-hybridized carbons (Fsp3) is 0.389. The minimum atomic E-state index is -3.33. The summed E-state index contributed by atoms with van der Waals surface area (Å²) < 4.78 is 26.8. The first-order valence-electron chi connectivity index (χ1n) is 8.07. The SMILES string of the molecule is Cc1cccc(CS(=O)(=O)N2CCC(C(=O)c3cccs3)CC2)c1. The number of aryl methyl sites for hydroxylation is 1. The summed E-state index contributed by atoms with van der Waals surface area (Å²) in [6, 6.07) is 11.3. The zero-order valence-corrected chi connectivity index (χ0v) is 15.3. The first kappa shape index (κ1) is 17.3. The van der Waals surface area contributed by atoms with E-state index in [-0.39, 0.29) is 17.5 Å². The van der Waals surface area contributed by atoms with Crippen molar-refractivity contribution >= 4 is 27.1 Å². The number of rotatable bonds is 5. The summed E-state index contributed by atoms with van der Waals surface area (Å²) in [6.07, 6.45) is 1.20. The number of hydrogen-bond donors (Lipinski definition) is 0. The van der Waals surface area contributed by atoms with Crippen molar-refractivity contribution in [1.29, 1.82) is 0 Å². The molecule has 0 saturated carbocycles. The van der Waals surface area contributed by atoms with Crippen LogP contribution in [0.15, 0.2) is 41.8 Å². The molecule has 2 aromatic rings. The van der Waals surface area contributed by atoms with Crippen molar-refractivity contribution in [1.82, 2.24) is 4.31 Å². The molecule has 0 aliphatic carbocycles. The van der Waals surface area contributed by atoms with E-state index in [2.05, 4.69) is 0 Å². The molecular formula is C18H21NO3S2. The second-order valence-corrected chi connectivity index (χ2v) is 9.18. The van der Waals surface area contributed by atoms with Crippen LogP contribution in [0.3, 0.4) is 0 Å². The van der Waals surface area contributed by atoms with Crippen molar-refractivity contribution in [3.05, 3.63) is 57.8 Å². The van der Waals surface area contributed by atoms with Crippen LogP contribution in [0.4, 0.5) is 0 Å². The Hall–Kier alpha value is -1.50. The van der Waals surface area contributed by atoms with E-state index in [1.165, 1.54) is 15.6 Å². The van der Waals surface area contributed by atoms with Crippen LogP contribution in [0.2, 0.25) is 0 Å². The van der Waals surface area contributed by atoms with E-state index in [9.17, 15) is 13.2 Å². The number of Topliss-reactive ketones (excluding diaryl/α,β-unsaturated/α-hetero) is 1. The minimum Gasteiger partial charge on any atom is -0.293 e. The van der Waals surface area contributed by atoms with Gasteiger partial charge in [-0.2, -0.15) is 0 Å². The molecular weight excluding hydrogens is 342 g/mol. The number of carbonyl (C=O) groups is 1.